The average Bonchev–Trinajstić information content (AvgIpc) is 3.07. The van der Waals surface area contributed by atoms with E-state index in [0.29, 0.717) is 11.4 Å². The average molecular weight is 293 g/mol. The lowest BCUT2D eigenvalue weighted by Crippen LogP contribution is -2.23. The van der Waals surface area contributed by atoms with Crippen LogP contribution >= 0.6 is 0 Å². The molecular weight excluding hydrogens is 278 g/mol. The molecule has 2 N–H and O–H groups in total. The zero-order chi connectivity index (χ0) is 15.4. The maximum atomic E-state index is 12.0. The molecule has 2 aromatic carbocycles. The number of carbonyl (C=O) groups is 1. The van der Waals surface area contributed by atoms with Crippen LogP contribution in [0.4, 0.5) is 0 Å². The van der Waals surface area contributed by atoms with Crippen molar-refractivity contribution in [2.45, 2.75) is 13.5 Å². The largest absolute Gasteiger partial charge is 0.345 e. The molecule has 1 heterocycles. The molecule has 0 aliphatic heterocycles. The van der Waals surface area contributed by atoms with Gasteiger partial charge in [0, 0.05) is 5.56 Å². The summed E-state index contributed by atoms with van der Waals surface area (Å²) in [6.07, 6.45) is 0. The Hall–Kier alpha value is -3.02. The quantitative estimate of drug-likeness (QED) is 0.771. The van der Waals surface area contributed by atoms with E-state index in [-0.39, 0.29) is 12.5 Å². The summed E-state index contributed by atoms with van der Waals surface area (Å²) in [5.41, 5.74) is 4.03. The van der Waals surface area contributed by atoms with Crippen molar-refractivity contribution in [2.75, 3.05) is 0 Å². The lowest BCUT2D eigenvalue weighted by molar-refractivity contribution is 0.0950. The van der Waals surface area contributed by atoms with Gasteiger partial charge in [-0.25, -0.2) is 0 Å². The van der Waals surface area contributed by atoms with Crippen LogP contribution in [0.25, 0.3) is 11.1 Å². The maximum absolute atomic E-state index is 12.0. The molecule has 0 aliphatic carbocycles. The van der Waals surface area contributed by atoms with Gasteiger partial charge in [0.1, 0.15) is 0 Å². The normalized spacial score (nSPS) is 10.4. The SMILES string of the molecule is Cc1ccc(-c2ccc(C(=O)NCc3nn[nH]n3)cc2)cc1. The number of nitrogens with one attached hydrogen (secondary N) is 2. The van der Waals surface area contributed by atoms with E-state index in [2.05, 4.69) is 57.1 Å². The van der Waals surface area contributed by atoms with Gasteiger partial charge in [0.25, 0.3) is 5.91 Å². The molecule has 0 saturated carbocycles. The van der Waals surface area contributed by atoms with Crippen molar-refractivity contribution in [2.24, 2.45) is 0 Å². The predicted molar refractivity (Wildman–Crippen MR) is 82.0 cm³/mol. The molecule has 1 aromatic heterocycles. The molecule has 0 unspecified atom stereocenters. The number of aryl methyl sites for hydroxylation is 1. The molecule has 6 nitrogen and oxygen atoms in total. The molecular formula is C16H15N5O. The second-order valence-electron chi connectivity index (χ2n) is 4.95. The summed E-state index contributed by atoms with van der Waals surface area (Å²) in [5.74, 6) is 0.282. The Kier molecular flexibility index (Phi) is 3.91. The van der Waals surface area contributed by atoms with Crippen molar-refractivity contribution < 1.29 is 4.79 Å². The van der Waals surface area contributed by atoms with Crippen LogP contribution in [0.15, 0.2) is 48.5 Å². The molecule has 0 atom stereocenters. The summed E-state index contributed by atoms with van der Waals surface area (Å²) < 4.78 is 0. The van der Waals surface area contributed by atoms with Crippen molar-refractivity contribution in [3.05, 3.63) is 65.5 Å². The van der Waals surface area contributed by atoms with Gasteiger partial charge in [-0.05, 0) is 30.2 Å². The highest BCUT2D eigenvalue weighted by molar-refractivity contribution is 5.94. The number of aromatic amines is 1. The molecule has 0 bridgehead atoms. The first-order chi connectivity index (χ1) is 10.7. The highest BCUT2D eigenvalue weighted by Crippen LogP contribution is 2.20. The number of tetrazole rings is 1. The molecule has 3 aromatic rings. The minimum Gasteiger partial charge on any atom is -0.345 e. The van der Waals surface area contributed by atoms with Crippen LogP contribution in [0.1, 0.15) is 21.7 Å². The van der Waals surface area contributed by atoms with Gasteiger partial charge in [-0.3, -0.25) is 4.79 Å². The monoisotopic (exact) mass is 293 g/mol. The Balaban J connectivity index is 1.68. The van der Waals surface area contributed by atoms with Crippen LogP contribution in [0.5, 0.6) is 0 Å². The van der Waals surface area contributed by atoms with E-state index < -0.39 is 0 Å². The van der Waals surface area contributed by atoms with E-state index in [1.165, 1.54) is 5.56 Å². The van der Waals surface area contributed by atoms with Gasteiger partial charge in [0.15, 0.2) is 5.82 Å². The lowest BCUT2D eigenvalue weighted by atomic mass is 10.0. The Morgan fingerprint density at radius 2 is 1.68 bits per heavy atom. The number of H-pyrrole nitrogens is 1. The second-order valence-corrected chi connectivity index (χ2v) is 4.95. The van der Waals surface area contributed by atoms with Crippen LogP contribution in [-0.4, -0.2) is 26.5 Å². The van der Waals surface area contributed by atoms with Crippen LogP contribution in [-0.2, 0) is 6.54 Å². The summed E-state index contributed by atoms with van der Waals surface area (Å²) in [7, 11) is 0. The zero-order valence-corrected chi connectivity index (χ0v) is 12.1. The molecule has 0 spiro atoms. The fourth-order valence-corrected chi connectivity index (χ4v) is 2.08. The van der Waals surface area contributed by atoms with E-state index in [1.807, 2.05) is 12.1 Å². The molecule has 0 radical (unpaired) electrons. The maximum Gasteiger partial charge on any atom is 0.251 e. The summed E-state index contributed by atoms with van der Waals surface area (Å²) in [4.78, 5) is 12.0. The van der Waals surface area contributed by atoms with Gasteiger partial charge in [-0.15, -0.1) is 10.2 Å². The van der Waals surface area contributed by atoms with E-state index in [1.54, 1.807) is 12.1 Å². The number of hydrogen-bond acceptors (Lipinski definition) is 4. The van der Waals surface area contributed by atoms with Crippen molar-refractivity contribution in [1.82, 2.24) is 25.9 Å². The minimum absolute atomic E-state index is 0.166. The Morgan fingerprint density at radius 3 is 2.27 bits per heavy atom. The van der Waals surface area contributed by atoms with E-state index in [9.17, 15) is 4.79 Å². The van der Waals surface area contributed by atoms with Gasteiger partial charge >= 0.3 is 0 Å². The second kappa shape index (κ2) is 6.17. The molecule has 1 amide bonds. The number of aromatic nitrogens is 4. The third-order valence-electron chi connectivity index (χ3n) is 3.33. The third kappa shape index (κ3) is 3.17. The number of hydrogen-bond donors (Lipinski definition) is 2. The van der Waals surface area contributed by atoms with Crippen molar-refractivity contribution in [3.63, 3.8) is 0 Å². The van der Waals surface area contributed by atoms with E-state index >= 15 is 0 Å². The van der Waals surface area contributed by atoms with Crippen LogP contribution in [0.3, 0.4) is 0 Å². The Morgan fingerprint density at radius 1 is 1.05 bits per heavy atom. The molecule has 0 aliphatic rings. The third-order valence-corrected chi connectivity index (χ3v) is 3.33. The van der Waals surface area contributed by atoms with Gasteiger partial charge in [0.05, 0.1) is 6.54 Å². The standard InChI is InChI=1S/C16H15N5O/c1-11-2-4-12(5-3-11)13-6-8-14(9-7-13)16(22)17-10-15-18-20-21-19-15/h2-9H,10H2,1H3,(H,17,22)(H,18,19,20,21). The molecule has 6 heteroatoms. The van der Waals surface area contributed by atoms with E-state index in [4.69, 9.17) is 0 Å². The lowest BCUT2D eigenvalue weighted by Gasteiger charge is -2.05. The Bertz CT molecular complexity index is 748. The number of carbonyl (C=O) groups excluding carboxylic acids is 1. The smallest absolute Gasteiger partial charge is 0.251 e. The molecule has 110 valence electrons. The van der Waals surface area contributed by atoms with Crippen molar-refractivity contribution >= 4 is 5.91 Å². The highest BCUT2D eigenvalue weighted by Gasteiger charge is 2.07. The topological polar surface area (TPSA) is 83.6 Å². The summed E-state index contributed by atoms with van der Waals surface area (Å²) >= 11 is 0. The number of amides is 1. The number of rotatable bonds is 4. The molecule has 0 saturated heterocycles. The molecule has 0 fully saturated rings. The van der Waals surface area contributed by atoms with Gasteiger partial charge in [-0.2, -0.15) is 5.21 Å². The summed E-state index contributed by atoms with van der Waals surface area (Å²) in [5, 5.41) is 16.1. The van der Waals surface area contributed by atoms with E-state index in [0.717, 1.165) is 11.1 Å². The number of benzene rings is 2. The van der Waals surface area contributed by atoms with Crippen LogP contribution in [0, 0.1) is 6.92 Å². The van der Waals surface area contributed by atoms with Crippen LogP contribution < -0.4 is 5.32 Å². The Labute approximate surface area is 127 Å². The van der Waals surface area contributed by atoms with Crippen molar-refractivity contribution in [3.8, 4) is 11.1 Å². The zero-order valence-electron chi connectivity index (χ0n) is 12.1. The first-order valence-electron chi connectivity index (χ1n) is 6.90. The fraction of sp³-hybridized carbons (Fsp3) is 0.125. The summed E-state index contributed by atoms with van der Waals surface area (Å²) in [6, 6.07) is 15.8. The van der Waals surface area contributed by atoms with Crippen molar-refractivity contribution in [1.29, 1.82) is 0 Å². The minimum atomic E-state index is -0.166. The first kappa shape index (κ1) is 13.9. The number of nitrogens with zero attached hydrogens (tertiary/aromatic N) is 3. The highest BCUT2D eigenvalue weighted by atomic mass is 16.1. The fourth-order valence-electron chi connectivity index (χ4n) is 2.08. The molecule has 22 heavy (non-hydrogen) atoms. The van der Waals surface area contributed by atoms with Gasteiger partial charge < -0.3 is 5.32 Å². The predicted octanol–water partition coefficient (Wildman–Crippen LogP) is 2.11. The van der Waals surface area contributed by atoms with Crippen LogP contribution in [0.2, 0.25) is 0 Å². The first-order valence-corrected chi connectivity index (χ1v) is 6.90. The van der Waals surface area contributed by atoms with Gasteiger partial charge in [-0.1, -0.05) is 47.2 Å². The molecule has 3 rings (SSSR count). The summed E-state index contributed by atoms with van der Waals surface area (Å²) in [6.45, 7) is 2.30. The van der Waals surface area contributed by atoms with Gasteiger partial charge in [0.2, 0.25) is 0 Å².